The number of amides is 1. The summed E-state index contributed by atoms with van der Waals surface area (Å²) in [5.41, 5.74) is 5.07. The number of halogens is 3. The Balaban J connectivity index is 2.40. The summed E-state index contributed by atoms with van der Waals surface area (Å²) in [7, 11) is 0. The van der Waals surface area contributed by atoms with Crippen LogP contribution in [0.1, 0.15) is 19.3 Å². The summed E-state index contributed by atoms with van der Waals surface area (Å²) in [5, 5.41) is 0. The van der Waals surface area contributed by atoms with E-state index < -0.39 is 24.5 Å². The van der Waals surface area contributed by atoms with Gasteiger partial charge in [0, 0.05) is 6.54 Å². The quantitative estimate of drug-likeness (QED) is 0.751. The molecule has 0 aromatic heterocycles. The van der Waals surface area contributed by atoms with Crippen molar-refractivity contribution in [3.63, 3.8) is 0 Å². The molecule has 1 saturated heterocycles. The van der Waals surface area contributed by atoms with E-state index in [9.17, 15) is 18.0 Å². The normalized spacial score (nSPS) is 24.1. The number of primary amides is 1. The zero-order valence-corrected chi connectivity index (χ0v) is 7.68. The van der Waals surface area contributed by atoms with Crippen LogP contribution >= 0.6 is 0 Å². The third-order valence-electron chi connectivity index (χ3n) is 2.37. The van der Waals surface area contributed by atoms with Crippen molar-refractivity contribution in [2.24, 2.45) is 5.73 Å². The highest BCUT2D eigenvalue weighted by atomic mass is 19.4. The van der Waals surface area contributed by atoms with Crippen LogP contribution in [0.25, 0.3) is 0 Å². The minimum absolute atomic E-state index is 0.128. The molecule has 3 nitrogen and oxygen atoms in total. The van der Waals surface area contributed by atoms with Crippen LogP contribution in [0.2, 0.25) is 0 Å². The number of alkyl halides is 3. The van der Waals surface area contributed by atoms with E-state index in [-0.39, 0.29) is 6.54 Å². The van der Waals surface area contributed by atoms with Crippen molar-refractivity contribution >= 4 is 5.91 Å². The van der Waals surface area contributed by atoms with Crippen LogP contribution in [0.15, 0.2) is 0 Å². The summed E-state index contributed by atoms with van der Waals surface area (Å²) in [6.45, 7) is 0.404. The minimum atomic E-state index is -4.16. The fraction of sp³-hybridized carbons (Fsp3) is 0.875. The summed E-state index contributed by atoms with van der Waals surface area (Å²) < 4.78 is 35.7. The number of likely N-dealkylation sites (tertiary alicyclic amines) is 1. The molecule has 0 aliphatic carbocycles. The Morgan fingerprint density at radius 2 is 2.14 bits per heavy atom. The van der Waals surface area contributed by atoms with Crippen molar-refractivity contribution in [1.82, 2.24) is 4.90 Å². The topological polar surface area (TPSA) is 46.3 Å². The van der Waals surface area contributed by atoms with Gasteiger partial charge in [-0.15, -0.1) is 0 Å². The lowest BCUT2D eigenvalue weighted by Gasteiger charge is -2.22. The molecule has 2 N–H and O–H groups in total. The molecule has 0 radical (unpaired) electrons. The predicted octanol–water partition coefficient (Wildman–Crippen LogP) is 0.889. The van der Waals surface area contributed by atoms with Crippen LogP contribution < -0.4 is 5.73 Å². The molecule has 1 atom stereocenters. The first-order valence-electron chi connectivity index (χ1n) is 4.50. The number of hydrogen-bond acceptors (Lipinski definition) is 2. The number of nitrogens with zero attached hydrogens (tertiary/aromatic N) is 1. The highest BCUT2D eigenvalue weighted by Crippen LogP contribution is 2.23. The van der Waals surface area contributed by atoms with Gasteiger partial charge >= 0.3 is 6.18 Å². The van der Waals surface area contributed by atoms with E-state index in [1.165, 1.54) is 4.90 Å². The van der Waals surface area contributed by atoms with Crippen molar-refractivity contribution < 1.29 is 18.0 Å². The first kappa shape index (κ1) is 11.3. The van der Waals surface area contributed by atoms with Crippen molar-refractivity contribution in [3.8, 4) is 0 Å². The summed E-state index contributed by atoms with van der Waals surface area (Å²) in [4.78, 5) is 12.3. The Labute approximate surface area is 80.0 Å². The summed E-state index contributed by atoms with van der Waals surface area (Å²) in [6.07, 6.45) is -3.72. The molecular formula is C8H13F3N2O. The van der Waals surface area contributed by atoms with Crippen LogP contribution in [0.3, 0.4) is 0 Å². The largest absolute Gasteiger partial charge is 0.390 e. The Morgan fingerprint density at radius 3 is 2.64 bits per heavy atom. The average molecular weight is 210 g/mol. The third kappa shape index (κ3) is 3.17. The van der Waals surface area contributed by atoms with Crippen molar-refractivity contribution in [1.29, 1.82) is 0 Å². The molecule has 0 spiro atoms. The molecule has 1 heterocycles. The monoisotopic (exact) mass is 210 g/mol. The molecule has 0 unspecified atom stereocenters. The van der Waals surface area contributed by atoms with Gasteiger partial charge in [-0.2, -0.15) is 13.2 Å². The van der Waals surface area contributed by atoms with Crippen LogP contribution in [0.5, 0.6) is 0 Å². The van der Waals surface area contributed by atoms with E-state index in [1.54, 1.807) is 0 Å². The standard InChI is InChI=1S/C8H13F3N2O/c9-8(10,11)3-5-13-4-1-2-6(13)7(12)14/h6H,1-5H2,(H2,12,14)/t6-/m0/s1. The molecule has 0 saturated carbocycles. The molecule has 0 bridgehead atoms. The van der Waals surface area contributed by atoms with E-state index in [0.717, 1.165) is 6.42 Å². The SMILES string of the molecule is NC(=O)[C@@H]1CCCN1CCC(F)(F)F. The van der Waals surface area contributed by atoms with E-state index in [4.69, 9.17) is 5.73 Å². The molecule has 6 heteroatoms. The lowest BCUT2D eigenvalue weighted by Crippen LogP contribution is -2.41. The zero-order valence-electron chi connectivity index (χ0n) is 7.68. The van der Waals surface area contributed by atoms with Gasteiger partial charge in [0.2, 0.25) is 5.91 Å². The molecule has 0 aromatic carbocycles. The number of rotatable bonds is 3. The van der Waals surface area contributed by atoms with Gasteiger partial charge in [-0.3, -0.25) is 9.69 Å². The average Bonchev–Trinajstić information content (AvgIpc) is 2.46. The molecule has 1 aliphatic rings. The van der Waals surface area contributed by atoms with Gasteiger partial charge in [0.1, 0.15) is 0 Å². The maximum atomic E-state index is 11.9. The van der Waals surface area contributed by atoms with Gasteiger partial charge in [-0.25, -0.2) is 0 Å². The van der Waals surface area contributed by atoms with Crippen LogP contribution in [-0.4, -0.2) is 36.1 Å². The predicted molar refractivity (Wildman–Crippen MR) is 44.5 cm³/mol. The molecule has 1 fully saturated rings. The molecular weight excluding hydrogens is 197 g/mol. The molecule has 14 heavy (non-hydrogen) atoms. The second-order valence-electron chi connectivity index (χ2n) is 3.46. The fourth-order valence-electron chi connectivity index (χ4n) is 1.69. The molecule has 0 aromatic rings. The van der Waals surface area contributed by atoms with Crippen molar-refractivity contribution in [2.45, 2.75) is 31.5 Å². The van der Waals surface area contributed by atoms with Gasteiger partial charge in [0.15, 0.2) is 0 Å². The minimum Gasteiger partial charge on any atom is -0.368 e. The Kier molecular flexibility index (Phi) is 3.36. The summed E-state index contributed by atoms with van der Waals surface area (Å²) in [6, 6.07) is -0.502. The Morgan fingerprint density at radius 1 is 1.50 bits per heavy atom. The highest BCUT2D eigenvalue weighted by molar-refractivity contribution is 5.80. The second-order valence-corrected chi connectivity index (χ2v) is 3.46. The summed E-state index contributed by atoms with van der Waals surface area (Å²) >= 11 is 0. The lowest BCUT2D eigenvalue weighted by molar-refractivity contribution is -0.140. The number of nitrogens with two attached hydrogens (primary N) is 1. The van der Waals surface area contributed by atoms with Gasteiger partial charge in [-0.1, -0.05) is 0 Å². The van der Waals surface area contributed by atoms with E-state index in [2.05, 4.69) is 0 Å². The van der Waals surface area contributed by atoms with E-state index in [1.807, 2.05) is 0 Å². The second kappa shape index (κ2) is 4.16. The molecule has 1 amide bonds. The van der Waals surface area contributed by atoms with Crippen LogP contribution in [0.4, 0.5) is 13.2 Å². The fourth-order valence-corrected chi connectivity index (χ4v) is 1.69. The van der Waals surface area contributed by atoms with Gasteiger partial charge in [0.25, 0.3) is 0 Å². The molecule has 1 aliphatic heterocycles. The zero-order chi connectivity index (χ0) is 10.8. The molecule has 1 rings (SSSR count). The molecule has 82 valence electrons. The van der Waals surface area contributed by atoms with Crippen LogP contribution in [0, 0.1) is 0 Å². The third-order valence-corrected chi connectivity index (χ3v) is 2.37. The van der Waals surface area contributed by atoms with Crippen molar-refractivity contribution in [2.75, 3.05) is 13.1 Å². The van der Waals surface area contributed by atoms with Gasteiger partial charge < -0.3 is 5.73 Å². The number of carbonyl (C=O) groups is 1. The van der Waals surface area contributed by atoms with E-state index in [0.29, 0.717) is 13.0 Å². The first-order chi connectivity index (χ1) is 6.40. The maximum Gasteiger partial charge on any atom is 0.390 e. The number of hydrogen-bond donors (Lipinski definition) is 1. The van der Waals surface area contributed by atoms with E-state index >= 15 is 0 Å². The smallest absolute Gasteiger partial charge is 0.368 e. The van der Waals surface area contributed by atoms with Gasteiger partial charge in [-0.05, 0) is 19.4 Å². The Bertz CT molecular complexity index is 217. The Hall–Kier alpha value is -0.780. The van der Waals surface area contributed by atoms with Crippen LogP contribution in [-0.2, 0) is 4.79 Å². The maximum absolute atomic E-state index is 11.9. The lowest BCUT2D eigenvalue weighted by atomic mass is 10.2. The first-order valence-corrected chi connectivity index (χ1v) is 4.50. The summed E-state index contributed by atoms with van der Waals surface area (Å²) in [5.74, 6) is -0.523. The van der Waals surface area contributed by atoms with Crippen molar-refractivity contribution in [3.05, 3.63) is 0 Å². The number of carbonyl (C=O) groups excluding carboxylic acids is 1. The van der Waals surface area contributed by atoms with Gasteiger partial charge in [0.05, 0.1) is 12.5 Å². The highest BCUT2D eigenvalue weighted by Gasteiger charge is 2.33.